The van der Waals surface area contributed by atoms with Gasteiger partial charge in [0.05, 0.1) is 18.5 Å². The van der Waals surface area contributed by atoms with Crippen molar-refractivity contribution in [2.75, 3.05) is 30.8 Å². The van der Waals surface area contributed by atoms with E-state index in [-0.39, 0.29) is 5.75 Å². The zero-order valence-electron chi connectivity index (χ0n) is 11.2. The van der Waals surface area contributed by atoms with Crippen molar-refractivity contribution in [3.8, 4) is 5.75 Å². The van der Waals surface area contributed by atoms with E-state index in [1.807, 2.05) is 0 Å². The third kappa shape index (κ3) is 2.37. The highest BCUT2D eigenvalue weighted by molar-refractivity contribution is 5.70. The second-order valence-electron chi connectivity index (χ2n) is 5.23. The minimum absolute atomic E-state index is 0.255. The minimum Gasteiger partial charge on any atom is -0.494 e. The van der Waals surface area contributed by atoms with Crippen LogP contribution >= 0.6 is 0 Å². The summed E-state index contributed by atoms with van der Waals surface area (Å²) in [7, 11) is 1.47. The van der Waals surface area contributed by atoms with Gasteiger partial charge in [0.25, 0.3) is 0 Å². The quantitative estimate of drug-likeness (QED) is 0.822. The maximum absolute atomic E-state index is 13.5. The van der Waals surface area contributed by atoms with Crippen molar-refractivity contribution >= 4 is 11.4 Å². The van der Waals surface area contributed by atoms with Crippen molar-refractivity contribution in [3.05, 3.63) is 17.9 Å². The van der Waals surface area contributed by atoms with Crippen LogP contribution in [0.5, 0.6) is 5.75 Å². The van der Waals surface area contributed by atoms with Crippen LogP contribution in [0.1, 0.15) is 20.3 Å². The Balaban J connectivity index is 2.28. The molecule has 2 unspecified atom stereocenters. The number of benzene rings is 1. The second kappa shape index (κ2) is 5.04. The first-order valence-electron chi connectivity index (χ1n) is 6.41. The van der Waals surface area contributed by atoms with Crippen LogP contribution in [0.3, 0.4) is 0 Å². The molecule has 0 aromatic heterocycles. The van der Waals surface area contributed by atoms with E-state index in [2.05, 4.69) is 18.7 Å². The monoisotopic (exact) mass is 252 g/mol. The molecule has 1 aliphatic heterocycles. The van der Waals surface area contributed by atoms with Crippen molar-refractivity contribution in [2.24, 2.45) is 11.8 Å². The molecule has 4 heteroatoms. The standard InChI is InChI=1S/C14H21FN2O/c1-9-4-5-17(8-10(9)2)13-7-14(18-3)11(15)6-12(13)16/h6-7,9-10H,4-5,8,16H2,1-3H3. The number of anilines is 2. The van der Waals surface area contributed by atoms with E-state index in [4.69, 9.17) is 10.5 Å². The van der Waals surface area contributed by atoms with E-state index in [0.29, 0.717) is 11.6 Å². The van der Waals surface area contributed by atoms with Gasteiger partial charge in [-0.3, -0.25) is 0 Å². The summed E-state index contributed by atoms with van der Waals surface area (Å²) in [6, 6.07) is 3.05. The molecule has 1 aliphatic rings. The summed E-state index contributed by atoms with van der Waals surface area (Å²) in [5, 5.41) is 0. The van der Waals surface area contributed by atoms with Gasteiger partial charge < -0.3 is 15.4 Å². The fraction of sp³-hybridized carbons (Fsp3) is 0.571. The van der Waals surface area contributed by atoms with Crippen LogP contribution in [-0.2, 0) is 0 Å². The SMILES string of the molecule is COc1cc(N2CCC(C)C(C)C2)c(N)cc1F. The zero-order valence-corrected chi connectivity index (χ0v) is 11.2. The van der Waals surface area contributed by atoms with Crippen LogP contribution < -0.4 is 15.4 Å². The molecule has 100 valence electrons. The Labute approximate surface area is 108 Å². The number of rotatable bonds is 2. The van der Waals surface area contributed by atoms with Gasteiger partial charge >= 0.3 is 0 Å². The van der Waals surface area contributed by atoms with E-state index in [9.17, 15) is 4.39 Å². The zero-order chi connectivity index (χ0) is 13.3. The Bertz CT molecular complexity index is 436. The van der Waals surface area contributed by atoms with E-state index in [1.54, 1.807) is 6.07 Å². The predicted octanol–water partition coefficient (Wildman–Crippen LogP) is 2.90. The van der Waals surface area contributed by atoms with E-state index < -0.39 is 5.82 Å². The lowest BCUT2D eigenvalue weighted by molar-refractivity contribution is 0.323. The third-order valence-electron chi connectivity index (χ3n) is 3.98. The summed E-state index contributed by atoms with van der Waals surface area (Å²) in [4.78, 5) is 2.22. The van der Waals surface area contributed by atoms with Crippen molar-refractivity contribution in [3.63, 3.8) is 0 Å². The molecule has 0 spiro atoms. The molecule has 3 nitrogen and oxygen atoms in total. The number of hydrogen-bond acceptors (Lipinski definition) is 3. The molecule has 18 heavy (non-hydrogen) atoms. The number of ether oxygens (including phenoxy) is 1. The lowest BCUT2D eigenvalue weighted by atomic mass is 9.88. The number of halogens is 1. The number of nitrogens with zero attached hydrogens (tertiary/aromatic N) is 1. The average molecular weight is 252 g/mol. The fourth-order valence-electron chi connectivity index (χ4n) is 2.47. The van der Waals surface area contributed by atoms with Crippen molar-refractivity contribution in [2.45, 2.75) is 20.3 Å². The molecule has 1 fully saturated rings. The van der Waals surface area contributed by atoms with Gasteiger partial charge in [0.1, 0.15) is 0 Å². The summed E-state index contributed by atoms with van der Waals surface area (Å²) >= 11 is 0. The molecule has 2 N–H and O–H groups in total. The topological polar surface area (TPSA) is 38.5 Å². The van der Waals surface area contributed by atoms with Crippen molar-refractivity contribution in [1.82, 2.24) is 0 Å². The molecule has 0 radical (unpaired) electrons. The molecular formula is C14H21FN2O. The molecule has 1 heterocycles. The highest BCUT2D eigenvalue weighted by atomic mass is 19.1. The van der Waals surface area contributed by atoms with Crippen LogP contribution in [0.25, 0.3) is 0 Å². The Morgan fingerprint density at radius 1 is 1.33 bits per heavy atom. The molecule has 1 aromatic carbocycles. The largest absolute Gasteiger partial charge is 0.494 e. The van der Waals surface area contributed by atoms with Gasteiger partial charge in [0.15, 0.2) is 11.6 Å². The lowest BCUT2D eigenvalue weighted by Gasteiger charge is -2.37. The van der Waals surface area contributed by atoms with Crippen LogP contribution in [0.2, 0.25) is 0 Å². The second-order valence-corrected chi connectivity index (χ2v) is 5.23. The Kier molecular flexibility index (Phi) is 3.64. The Hall–Kier alpha value is -1.45. The minimum atomic E-state index is -0.405. The van der Waals surface area contributed by atoms with Crippen LogP contribution in [0, 0.1) is 17.7 Å². The summed E-state index contributed by atoms with van der Waals surface area (Å²) in [6.07, 6.45) is 1.14. The fourth-order valence-corrected chi connectivity index (χ4v) is 2.47. The highest BCUT2D eigenvalue weighted by Crippen LogP contribution is 2.34. The molecule has 2 rings (SSSR count). The molecule has 1 aromatic rings. The molecule has 2 atom stereocenters. The summed E-state index contributed by atoms with van der Waals surface area (Å²) in [6.45, 7) is 6.44. The van der Waals surface area contributed by atoms with Gasteiger partial charge in [-0.15, -0.1) is 0 Å². The molecule has 0 aliphatic carbocycles. The molecule has 1 saturated heterocycles. The van der Waals surface area contributed by atoms with Gasteiger partial charge in [-0.25, -0.2) is 4.39 Å². The van der Waals surface area contributed by atoms with Crippen LogP contribution in [0.4, 0.5) is 15.8 Å². The highest BCUT2D eigenvalue weighted by Gasteiger charge is 2.24. The molecule has 0 bridgehead atoms. The Morgan fingerprint density at radius 2 is 2.06 bits per heavy atom. The first-order chi connectivity index (χ1) is 8.52. The van der Waals surface area contributed by atoms with Crippen molar-refractivity contribution in [1.29, 1.82) is 0 Å². The van der Waals surface area contributed by atoms with Gasteiger partial charge in [-0.2, -0.15) is 0 Å². The van der Waals surface area contributed by atoms with Gasteiger partial charge in [0, 0.05) is 25.2 Å². The van der Waals surface area contributed by atoms with E-state index in [1.165, 1.54) is 13.2 Å². The summed E-state index contributed by atoms with van der Waals surface area (Å²) < 4.78 is 18.5. The van der Waals surface area contributed by atoms with Gasteiger partial charge in [-0.05, 0) is 18.3 Å². The third-order valence-corrected chi connectivity index (χ3v) is 3.98. The molecule has 0 saturated carbocycles. The van der Waals surface area contributed by atoms with Gasteiger partial charge in [0.2, 0.25) is 0 Å². The number of hydrogen-bond donors (Lipinski definition) is 1. The van der Waals surface area contributed by atoms with Crippen LogP contribution in [-0.4, -0.2) is 20.2 Å². The predicted molar refractivity (Wildman–Crippen MR) is 72.5 cm³/mol. The average Bonchev–Trinajstić information content (AvgIpc) is 2.33. The van der Waals surface area contributed by atoms with Crippen LogP contribution in [0.15, 0.2) is 12.1 Å². The summed E-state index contributed by atoms with van der Waals surface area (Å²) in [5.74, 6) is 1.20. The molecular weight excluding hydrogens is 231 g/mol. The Morgan fingerprint density at radius 3 is 2.67 bits per heavy atom. The van der Waals surface area contributed by atoms with Crippen molar-refractivity contribution < 1.29 is 9.13 Å². The van der Waals surface area contributed by atoms with E-state index in [0.717, 1.165) is 31.1 Å². The smallest absolute Gasteiger partial charge is 0.167 e. The maximum Gasteiger partial charge on any atom is 0.167 e. The normalized spacial score (nSPS) is 24.1. The first-order valence-corrected chi connectivity index (χ1v) is 6.41. The van der Waals surface area contributed by atoms with Gasteiger partial charge in [-0.1, -0.05) is 13.8 Å². The first kappa shape index (κ1) is 13.0. The van der Waals surface area contributed by atoms with E-state index >= 15 is 0 Å². The molecule has 0 amide bonds. The number of piperidine rings is 1. The number of nitrogen functional groups attached to an aromatic ring is 1. The number of methoxy groups -OCH3 is 1. The maximum atomic E-state index is 13.5. The lowest BCUT2D eigenvalue weighted by Crippen LogP contribution is -2.38. The number of nitrogens with two attached hydrogens (primary N) is 1. The summed E-state index contributed by atoms with van der Waals surface area (Å²) in [5.41, 5.74) is 7.28.